The highest BCUT2D eigenvalue weighted by molar-refractivity contribution is 5.07. The summed E-state index contributed by atoms with van der Waals surface area (Å²) in [5.41, 5.74) is 1.36. The van der Waals surface area contributed by atoms with Crippen molar-refractivity contribution in [2.75, 3.05) is 7.11 Å². The van der Waals surface area contributed by atoms with E-state index in [4.69, 9.17) is 4.74 Å². The molecule has 1 nitrogen and oxygen atoms in total. The number of rotatable bonds is 1. The maximum Gasteiger partial charge on any atom is 0.0574 e. The second kappa shape index (κ2) is 4.98. The molecular formula is C20H34O. The van der Waals surface area contributed by atoms with Gasteiger partial charge in [-0.2, -0.15) is 0 Å². The average molecular weight is 290 g/mol. The van der Waals surface area contributed by atoms with E-state index < -0.39 is 0 Å². The Morgan fingerprint density at radius 3 is 2.52 bits per heavy atom. The van der Waals surface area contributed by atoms with Crippen molar-refractivity contribution in [1.82, 2.24) is 0 Å². The zero-order chi connectivity index (χ0) is 14.7. The van der Waals surface area contributed by atoms with Gasteiger partial charge in [0.25, 0.3) is 0 Å². The van der Waals surface area contributed by atoms with E-state index in [1.54, 1.807) is 6.42 Å². The van der Waals surface area contributed by atoms with Gasteiger partial charge in [0.1, 0.15) is 0 Å². The highest BCUT2D eigenvalue weighted by Crippen LogP contribution is 2.66. The molecule has 0 bridgehead atoms. The van der Waals surface area contributed by atoms with Crippen molar-refractivity contribution >= 4 is 0 Å². The lowest BCUT2D eigenvalue weighted by molar-refractivity contribution is -0.125. The standard InChI is InChI=1S/C20H34O/c1-19-10-4-5-17(19)16-7-6-14-13-15(21-3)8-12-20(14,2)18(16)9-11-19/h14-18H,4-13H2,1-3H3/t14?,15?,16-,17-,18+,19-,20-/m0/s1. The van der Waals surface area contributed by atoms with Crippen LogP contribution in [0.1, 0.15) is 78.1 Å². The minimum Gasteiger partial charge on any atom is -0.381 e. The maximum absolute atomic E-state index is 5.71. The molecule has 0 aromatic heterocycles. The van der Waals surface area contributed by atoms with Gasteiger partial charge in [-0.25, -0.2) is 0 Å². The summed E-state index contributed by atoms with van der Waals surface area (Å²) in [5, 5.41) is 0. The highest BCUT2D eigenvalue weighted by atomic mass is 16.5. The van der Waals surface area contributed by atoms with E-state index in [9.17, 15) is 0 Å². The van der Waals surface area contributed by atoms with Crippen molar-refractivity contribution in [2.45, 2.75) is 84.2 Å². The molecule has 0 heterocycles. The van der Waals surface area contributed by atoms with Crippen LogP contribution in [0.15, 0.2) is 0 Å². The van der Waals surface area contributed by atoms with E-state index in [0.29, 0.717) is 16.9 Å². The summed E-state index contributed by atoms with van der Waals surface area (Å²) in [4.78, 5) is 0. The summed E-state index contributed by atoms with van der Waals surface area (Å²) in [7, 11) is 1.92. The van der Waals surface area contributed by atoms with E-state index >= 15 is 0 Å². The van der Waals surface area contributed by atoms with Crippen LogP contribution >= 0.6 is 0 Å². The summed E-state index contributed by atoms with van der Waals surface area (Å²) >= 11 is 0. The van der Waals surface area contributed by atoms with Crippen LogP contribution in [-0.2, 0) is 4.74 Å². The van der Waals surface area contributed by atoms with Crippen molar-refractivity contribution in [3.8, 4) is 0 Å². The molecule has 0 aromatic rings. The molecule has 0 aromatic carbocycles. The van der Waals surface area contributed by atoms with E-state index in [2.05, 4.69) is 13.8 Å². The van der Waals surface area contributed by atoms with Gasteiger partial charge < -0.3 is 4.74 Å². The maximum atomic E-state index is 5.71. The Labute approximate surface area is 131 Å². The van der Waals surface area contributed by atoms with Crippen LogP contribution < -0.4 is 0 Å². The third-order valence-electron chi connectivity index (χ3n) is 8.73. The Morgan fingerprint density at radius 2 is 1.71 bits per heavy atom. The van der Waals surface area contributed by atoms with Crippen LogP contribution in [0.3, 0.4) is 0 Å². The first-order chi connectivity index (χ1) is 10.1. The molecule has 0 N–H and O–H groups in total. The summed E-state index contributed by atoms with van der Waals surface area (Å²) in [6.07, 6.45) is 15.3. The van der Waals surface area contributed by atoms with Crippen LogP contribution in [0.2, 0.25) is 0 Å². The lowest BCUT2D eigenvalue weighted by Crippen LogP contribution is -2.53. The van der Waals surface area contributed by atoms with Gasteiger partial charge in [0, 0.05) is 7.11 Å². The number of hydrogen-bond acceptors (Lipinski definition) is 1. The fourth-order valence-corrected chi connectivity index (χ4v) is 7.43. The van der Waals surface area contributed by atoms with Crippen LogP contribution in [0.5, 0.6) is 0 Å². The van der Waals surface area contributed by atoms with Gasteiger partial charge in [-0.1, -0.05) is 20.3 Å². The summed E-state index contributed by atoms with van der Waals surface area (Å²) < 4.78 is 5.71. The zero-order valence-electron chi connectivity index (χ0n) is 14.4. The molecule has 0 amide bonds. The number of fused-ring (bicyclic) bond motifs is 5. The molecule has 21 heavy (non-hydrogen) atoms. The first-order valence-electron chi connectivity index (χ1n) is 9.60. The molecule has 4 rings (SSSR count). The lowest BCUT2D eigenvalue weighted by atomic mass is 9.45. The van der Waals surface area contributed by atoms with Gasteiger partial charge in [0.05, 0.1) is 6.10 Å². The monoisotopic (exact) mass is 290 g/mol. The van der Waals surface area contributed by atoms with Gasteiger partial charge in [-0.3, -0.25) is 0 Å². The van der Waals surface area contributed by atoms with E-state index in [0.717, 1.165) is 23.7 Å². The van der Waals surface area contributed by atoms with Crippen LogP contribution in [-0.4, -0.2) is 13.2 Å². The largest absolute Gasteiger partial charge is 0.381 e. The van der Waals surface area contributed by atoms with Crippen molar-refractivity contribution in [1.29, 1.82) is 0 Å². The topological polar surface area (TPSA) is 9.23 Å². The van der Waals surface area contributed by atoms with Crippen molar-refractivity contribution in [3.63, 3.8) is 0 Å². The third-order valence-corrected chi connectivity index (χ3v) is 8.73. The Morgan fingerprint density at radius 1 is 0.857 bits per heavy atom. The molecule has 4 fully saturated rings. The fraction of sp³-hybridized carbons (Fsp3) is 1.00. The molecule has 120 valence electrons. The second-order valence-corrected chi connectivity index (χ2v) is 9.37. The molecule has 0 saturated heterocycles. The van der Waals surface area contributed by atoms with Crippen LogP contribution in [0.4, 0.5) is 0 Å². The molecule has 4 aliphatic carbocycles. The Balaban J connectivity index is 1.59. The SMILES string of the molecule is COC1CC[C@@]2(C)C(CC[C@@H]3[C@H]2CC[C@]2(C)CCC[C@@H]32)C1. The van der Waals surface area contributed by atoms with Crippen molar-refractivity contribution < 1.29 is 4.74 Å². The molecule has 0 aliphatic heterocycles. The molecule has 4 saturated carbocycles. The predicted molar refractivity (Wildman–Crippen MR) is 87.1 cm³/mol. The Kier molecular flexibility index (Phi) is 3.45. The van der Waals surface area contributed by atoms with Gasteiger partial charge in [-0.05, 0) is 92.3 Å². The number of hydrogen-bond donors (Lipinski definition) is 0. The summed E-state index contributed by atoms with van der Waals surface area (Å²) in [6, 6.07) is 0. The molecule has 0 spiro atoms. The average Bonchev–Trinajstić information content (AvgIpc) is 2.88. The van der Waals surface area contributed by atoms with E-state index in [-0.39, 0.29) is 0 Å². The zero-order valence-corrected chi connectivity index (χ0v) is 14.4. The predicted octanol–water partition coefficient (Wildman–Crippen LogP) is 5.43. The number of methoxy groups -OCH3 is 1. The first-order valence-corrected chi connectivity index (χ1v) is 9.60. The van der Waals surface area contributed by atoms with Crippen LogP contribution in [0, 0.1) is 34.5 Å². The Bertz CT molecular complexity index is 405. The quantitative estimate of drug-likeness (QED) is 0.625. The Hall–Kier alpha value is -0.0400. The van der Waals surface area contributed by atoms with Gasteiger partial charge >= 0.3 is 0 Å². The molecule has 1 heteroatoms. The summed E-state index contributed by atoms with van der Waals surface area (Å²) in [6.45, 7) is 5.29. The van der Waals surface area contributed by atoms with Gasteiger partial charge in [0.2, 0.25) is 0 Å². The van der Waals surface area contributed by atoms with Crippen molar-refractivity contribution in [2.24, 2.45) is 34.5 Å². The molecule has 2 unspecified atom stereocenters. The lowest BCUT2D eigenvalue weighted by Gasteiger charge is -2.60. The normalized spacial score (nSPS) is 56.4. The minimum absolute atomic E-state index is 0.556. The molecule has 7 atom stereocenters. The minimum atomic E-state index is 0.556. The van der Waals surface area contributed by atoms with Crippen LogP contribution in [0.25, 0.3) is 0 Å². The third kappa shape index (κ3) is 2.06. The first kappa shape index (κ1) is 14.5. The number of ether oxygens (including phenoxy) is 1. The summed E-state index contributed by atoms with van der Waals surface area (Å²) in [5.74, 6) is 4.11. The van der Waals surface area contributed by atoms with E-state index in [1.807, 2.05) is 7.11 Å². The van der Waals surface area contributed by atoms with Gasteiger partial charge in [0.15, 0.2) is 0 Å². The van der Waals surface area contributed by atoms with E-state index in [1.165, 1.54) is 57.8 Å². The fourth-order valence-electron chi connectivity index (χ4n) is 7.43. The van der Waals surface area contributed by atoms with Gasteiger partial charge in [-0.15, -0.1) is 0 Å². The molecular weight excluding hydrogens is 256 g/mol. The highest BCUT2D eigenvalue weighted by Gasteiger charge is 2.57. The molecule has 4 aliphatic rings. The second-order valence-electron chi connectivity index (χ2n) is 9.37. The molecule has 0 radical (unpaired) electrons. The smallest absolute Gasteiger partial charge is 0.0574 e. The van der Waals surface area contributed by atoms with Crippen molar-refractivity contribution in [3.05, 3.63) is 0 Å².